The SMILES string of the molecule is CC[NH+](CC)CC.COc1ccc(C(OC[C@H]2O[C@@H](n3cc(C)c(=O)[nH]c3=O)C[C@@H]2OP([O-])(=S)OCCC#N)(c2ccccc2)c2ccc(OC)cc2)cc1. The monoisotopic (exact) mass is 794 g/mol. The quantitative estimate of drug-likeness (QED) is 0.0904. The molecule has 296 valence electrons. The Morgan fingerprint density at radius 2 is 1.49 bits per heavy atom. The molecule has 0 radical (unpaired) electrons. The molecule has 2 heterocycles. The summed E-state index contributed by atoms with van der Waals surface area (Å²) in [5.41, 5.74) is 0.228. The molecule has 4 atom stereocenters. The van der Waals surface area contributed by atoms with Crippen LogP contribution in [-0.2, 0) is 35.9 Å². The van der Waals surface area contributed by atoms with Gasteiger partial charge in [-0.05, 0) is 68.7 Å². The number of aromatic nitrogens is 2. The molecule has 0 bridgehead atoms. The van der Waals surface area contributed by atoms with Gasteiger partial charge in [0.1, 0.15) is 36.2 Å². The van der Waals surface area contributed by atoms with Crippen LogP contribution in [0, 0.1) is 18.3 Å². The van der Waals surface area contributed by atoms with E-state index in [2.05, 4.69) is 25.8 Å². The van der Waals surface area contributed by atoms with Crippen molar-refractivity contribution in [3.8, 4) is 17.6 Å². The molecule has 0 saturated carbocycles. The van der Waals surface area contributed by atoms with E-state index in [1.54, 1.807) is 26.0 Å². The number of aromatic amines is 1. The van der Waals surface area contributed by atoms with E-state index in [0.717, 1.165) is 16.7 Å². The molecular formula is C40H51N4O9PS. The number of nitriles is 1. The Morgan fingerprint density at radius 1 is 0.945 bits per heavy atom. The van der Waals surface area contributed by atoms with Crippen LogP contribution in [0.15, 0.2) is 94.6 Å². The Balaban J connectivity index is 0.000000876. The van der Waals surface area contributed by atoms with Gasteiger partial charge in [-0.3, -0.25) is 14.3 Å². The topological polar surface area (TPSA) is 162 Å². The zero-order valence-electron chi connectivity index (χ0n) is 32.2. The Labute approximate surface area is 327 Å². The molecule has 0 aliphatic carbocycles. The first-order valence-corrected chi connectivity index (χ1v) is 20.8. The van der Waals surface area contributed by atoms with Crippen LogP contribution in [0.5, 0.6) is 11.5 Å². The van der Waals surface area contributed by atoms with Gasteiger partial charge in [-0.1, -0.05) is 66.4 Å². The van der Waals surface area contributed by atoms with Crippen LogP contribution in [0.1, 0.15) is 62.1 Å². The lowest BCUT2D eigenvalue weighted by Gasteiger charge is -2.38. The predicted octanol–water partition coefficient (Wildman–Crippen LogP) is 3.99. The first-order valence-electron chi connectivity index (χ1n) is 18.3. The fraction of sp³-hybridized carbons (Fsp3) is 0.425. The maximum Gasteiger partial charge on any atom is 0.330 e. The second kappa shape index (κ2) is 20.7. The fourth-order valence-corrected chi connectivity index (χ4v) is 7.85. The number of quaternary nitrogens is 1. The van der Waals surface area contributed by atoms with Crippen molar-refractivity contribution < 1.29 is 37.8 Å². The summed E-state index contributed by atoms with van der Waals surface area (Å²) in [5.74, 6) is 1.32. The third-order valence-corrected chi connectivity index (χ3v) is 11.1. The van der Waals surface area contributed by atoms with Crippen molar-refractivity contribution in [1.29, 1.82) is 5.26 Å². The fourth-order valence-electron chi connectivity index (χ4n) is 6.36. The molecule has 1 aliphatic heterocycles. The molecule has 1 aromatic heterocycles. The van der Waals surface area contributed by atoms with Crippen molar-refractivity contribution in [1.82, 2.24) is 9.55 Å². The third-order valence-electron chi connectivity index (χ3n) is 9.50. The van der Waals surface area contributed by atoms with E-state index in [-0.39, 0.29) is 26.1 Å². The molecule has 1 saturated heterocycles. The molecule has 2 N–H and O–H groups in total. The largest absolute Gasteiger partial charge is 0.780 e. The molecule has 15 heteroatoms. The molecule has 1 fully saturated rings. The van der Waals surface area contributed by atoms with Crippen molar-refractivity contribution in [3.05, 3.63) is 128 Å². The van der Waals surface area contributed by atoms with Gasteiger partial charge in [0.25, 0.3) is 5.56 Å². The summed E-state index contributed by atoms with van der Waals surface area (Å²) in [6.45, 7) is 7.66. The first-order chi connectivity index (χ1) is 26.4. The van der Waals surface area contributed by atoms with Crippen molar-refractivity contribution in [2.45, 2.75) is 64.6 Å². The predicted molar refractivity (Wildman–Crippen MR) is 211 cm³/mol. The van der Waals surface area contributed by atoms with Crippen molar-refractivity contribution in [2.24, 2.45) is 0 Å². The number of hydrogen-bond acceptors (Lipinski definition) is 11. The van der Waals surface area contributed by atoms with E-state index in [9.17, 15) is 14.5 Å². The van der Waals surface area contributed by atoms with Crippen molar-refractivity contribution >= 4 is 18.5 Å². The van der Waals surface area contributed by atoms with Gasteiger partial charge in [0.05, 0.1) is 65.7 Å². The van der Waals surface area contributed by atoms with Crippen molar-refractivity contribution in [2.75, 3.05) is 47.1 Å². The van der Waals surface area contributed by atoms with Gasteiger partial charge in [-0.15, -0.1) is 0 Å². The van der Waals surface area contributed by atoms with E-state index in [1.165, 1.54) is 30.4 Å². The standard InChI is InChI=1S/C34H36N3O9PS.C6H15N/c1-23-21-37(33(39)36-32(23)38)31-20-29(46-47(40,48)44-19-7-18-35)30(45-31)22-43-34(24-8-5-4-6-9-24,25-10-14-27(41-2)15-11-25)26-12-16-28(42-3)17-13-26;1-4-7(5-2)6-3/h4-6,8-17,21,29-31H,7,19-20,22H2,1-3H3,(H,40,48)(H,36,38,39);4-6H2,1-3H3/t29-,30+,31+,47?;/m0./s1. The molecule has 3 aromatic carbocycles. The second-order valence-corrected chi connectivity index (χ2v) is 15.5. The number of ether oxygens (including phenoxy) is 4. The van der Waals surface area contributed by atoms with Crippen LogP contribution in [0.25, 0.3) is 0 Å². The number of aryl methyl sites for hydroxylation is 1. The summed E-state index contributed by atoms with van der Waals surface area (Å²) < 4.78 is 36.6. The molecule has 4 aromatic rings. The molecule has 5 rings (SSSR count). The zero-order chi connectivity index (χ0) is 40.0. The molecular weight excluding hydrogens is 743 g/mol. The summed E-state index contributed by atoms with van der Waals surface area (Å²) in [6, 6.07) is 26.5. The van der Waals surface area contributed by atoms with E-state index in [1.807, 2.05) is 84.9 Å². The normalized spacial score (nSPS) is 17.8. The summed E-state index contributed by atoms with van der Waals surface area (Å²) in [4.78, 5) is 42.1. The zero-order valence-corrected chi connectivity index (χ0v) is 33.9. The molecule has 55 heavy (non-hydrogen) atoms. The van der Waals surface area contributed by atoms with Crippen LogP contribution in [0.4, 0.5) is 0 Å². The Bertz CT molecular complexity index is 1950. The minimum Gasteiger partial charge on any atom is -0.780 e. The minimum atomic E-state index is -4.09. The van der Waals surface area contributed by atoms with Crippen LogP contribution in [-0.4, -0.2) is 68.8 Å². The van der Waals surface area contributed by atoms with E-state index >= 15 is 0 Å². The van der Waals surface area contributed by atoms with Gasteiger partial charge < -0.3 is 37.8 Å². The Morgan fingerprint density at radius 3 is 1.98 bits per heavy atom. The lowest BCUT2D eigenvalue weighted by Crippen LogP contribution is -3.11. The van der Waals surface area contributed by atoms with Crippen LogP contribution < -0.4 is 30.5 Å². The van der Waals surface area contributed by atoms with Crippen LogP contribution in [0.2, 0.25) is 0 Å². The highest BCUT2D eigenvalue weighted by Crippen LogP contribution is 2.47. The number of benzene rings is 3. The maximum absolute atomic E-state index is 13.2. The number of hydrogen-bond donors (Lipinski definition) is 2. The average Bonchev–Trinajstić information content (AvgIpc) is 3.59. The number of rotatable bonds is 17. The van der Waals surface area contributed by atoms with Gasteiger partial charge in [0.2, 0.25) is 0 Å². The number of H-pyrrole nitrogens is 1. The van der Waals surface area contributed by atoms with Crippen molar-refractivity contribution in [3.63, 3.8) is 0 Å². The third kappa shape index (κ3) is 11.2. The smallest absolute Gasteiger partial charge is 0.330 e. The highest BCUT2D eigenvalue weighted by atomic mass is 32.5. The lowest BCUT2D eigenvalue weighted by atomic mass is 9.80. The van der Waals surface area contributed by atoms with E-state index in [4.69, 9.17) is 45.1 Å². The highest BCUT2D eigenvalue weighted by Gasteiger charge is 2.43. The van der Waals surface area contributed by atoms with Crippen LogP contribution in [0.3, 0.4) is 0 Å². The Hall–Kier alpha value is -4.16. The first kappa shape index (κ1) is 43.6. The molecule has 0 spiro atoms. The molecule has 1 unspecified atom stereocenters. The van der Waals surface area contributed by atoms with Gasteiger partial charge in [-0.25, -0.2) is 4.79 Å². The number of methoxy groups -OCH3 is 2. The number of nitrogens with zero attached hydrogens (tertiary/aromatic N) is 2. The number of nitrogens with one attached hydrogen (secondary N) is 2. The second-order valence-electron chi connectivity index (χ2n) is 12.8. The summed E-state index contributed by atoms with van der Waals surface area (Å²) >= 11 is 5.17. The van der Waals surface area contributed by atoms with Crippen LogP contribution >= 0.6 is 6.72 Å². The summed E-state index contributed by atoms with van der Waals surface area (Å²) in [5, 5.41) is 8.90. The maximum atomic E-state index is 13.2. The van der Waals surface area contributed by atoms with Gasteiger partial charge in [0, 0.05) is 18.2 Å². The average molecular weight is 795 g/mol. The lowest BCUT2D eigenvalue weighted by molar-refractivity contribution is -0.894. The van der Waals surface area contributed by atoms with E-state index < -0.39 is 42.0 Å². The molecule has 13 nitrogen and oxygen atoms in total. The minimum absolute atomic E-state index is 0.0321. The van der Waals surface area contributed by atoms with E-state index in [0.29, 0.717) is 17.1 Å². The highest BCUT2D eigenvalue weighted by molar-refractivity contribution is 8.06. The van der Waals surface area contributed by atoms with Gasteiger partial charge >= 0.3 is 5.69 Å². The molecule has 0 amide bonds. The van der Waals surface area contributed by atoms with Gasteiger partial charge in [-0.2, -0.15) is 5.26 Å². The molecule has 1 aliphatic rings. The summed E-state index contributed by atoms with van der Waals surface area (Å²) in [7, 11) is 3.18. The summed E-state index contributed by atoms with van der Waals surface area (Å²) in [6.07, 6.45) is -1.40. The Kier molecular flexibility index (Phi) is 16.4. The van der Waals surface area contributed by atoms with Gasteiger partial charge in [0.15, 0.2) is 0 Å².